The van der Waals surface area contributed by atoms with E-state index in [9.17, 15) is 0 Å². The van der Waals surface area contributed by atoms with Crippen LogP contribution in [0.15, 0.2) is 40.9 Å². The van der Waals surface area contributed by atoms with E-state index in [1.54, 1.807) is 0 Å². The zero-order valence-corrected chi connectivity index (χ0v) is 9.58. The number of benzene rings is 2. The predicted octanol–water partition coefficient (Wildman–Crippen LogP) is 3.62. The molecular formula is C12H12BrN. The van der Waals surface area contributed by atoms with Gasteiger partial charge in [0.2, 0.25) is 0 Å². The van der Waals surface area contributed by atoms with Crippen molar-refractivity contribution in [2.24, 2.45) is 5.73 Å². The van der Waals surface area contributed by atoms with Gasteiger partial charge in [-0.1, -0.05) is 40.2 Å². The van der Waals surface area contributed by atoms with Crippen LogP contribution in [0, 0.1) is 0 Å². The lowest BCUT2D eigenvalue weighted by atomic mass is 10.0. The van der Waals surface area contributed by atoms with E-state index in [1.807, 2.05) is 19.1 Å². The fourth-order valence-corrected chi connectivity index (χ4v) is 2.06. The molecule has 0 spiro atoms. The Bertz CT molecular complexity index is 463. The van der Waals surface area contributed by atoms with Gasteiger partial charge in [0.1, 0.15) is 0 Å². The van der Waals surface area contributed by atoms with Gasteiger partial charge >= 0.3 is 0 Å². The summed E-state index contributed by atoms with van der Waals surface area (Å²) in [5, 5.41) is 2.47. The summed E-state index contributed by atoms with van der Waals surface area (Å²) in [6.07, 6.45) is 0. The number of hydrogen-bond acceptors (Lipinski definition) is 1. The standard InChI is InChI=1S/C12H12BrN/c1-8(14)11-4-2-3-9-7-10(13)5-6-12(9)11/h2-8H,14H2,1H3. The molecule has 0 aliphatic carbocycles. The maximum atomic E-state index is 5.91. The quantitative estimate of drug-likeness (QED) is 0.821. The van der Waals surface area contributed by atoms with Crippen molar-refractivity contribution in [1.82, 2.24) is 0 Å². The van der Waals surface area contributed by atoms with E-state index in [0.29, 0.717) is 0 Å². The van der Waals surface area contributed by atoms with Crippen LogP contribution in [0.1, 0.15) is 18.5 Å². The molecule has 1 atom stereocenters. The SMILES string of the molecule is CC(N)c1cccc2cc(Br)ccc12. The first-order valence-corrected chi connectivity index (χ1v) is 5.41. The third-order valence-corrected chi connectivity index (χ3v) is 2.86. The van der Waals surface area contributed by atoms with Gasteiger partial charge in [0.05, 0.1) is 0 Å². The van der Waals surface area contributed by atoms with E-state index in [-0.39, 0.29) is 6.04 Å². The Morgan fingerprint density at radius 3 is 2.71 bits per heavy atom. The molecule has 1 unspecified atom stereocenters. The summed E-state index contributed by atoms with van der Waals surface area (Å²) < 4.78 is 1.10. The number of halogens is 1. The summed E-state index contributed by atoms with van der Waals surface area (Å²) in [5.41, 5.74) is 7.11. The van der Waals surface area contributed by atoms with Crippen LogP contribution in [0.2, 0.25) is 0 Å². The maximum absolute atomic E-state index is 5.91. The molecule has 2 heteroatoms. The van der Waals surface area contributed by atoms with Gasteiger partial charge in [0.15, 0.2) is 0 Å². The Labute approximate surface area is 92.1 Å². The molecule has 72 valence electrons. The van der Waals surface area contributed by atoms with Crippen molar-refractivity contribution in [2.75, 3.05) is 0 Å². The normalized spacial score (nSPS) is 13.1. The van der Waals surface area contributed by atoms with E-state index < -0.39 is 0 Å². The molecule has 0 radical (unpaired) electrons. The third-order valence-electron chi connectivity index (χ3n) is 2.37. The van der Waals surface area contributed by atoms with Gasteiger partial charge in [-0.25, -0.2) is 0 Å². The zero-order chi connectivity index (χ0) is 10.1. The lowest BCUT2D eigenvalue weighted by molar-refractivity contribution is 0.827. The van der Waals surface area contributed by atoms with Crippen LogP contribution >= 0.6 is 15.9 Å². The van der Waals surface area contributed by atoms with Crippen molar-refractivity contribution in [3.8, 4) is 0 Å². The summed E-state index contributed by atoms with van der Waals surface area (Å²) in [5.74, 6) is 0. The molecule has 0 heterocycles. The second-order valence-corrected chi connectivity index (χ2v) is 4.42. The summed E-state index contributed by atoms with van der Waals surface area (Å²) >= 11 is 3.46. The topological polar surface area (TPSA) is 26.0 Å². The highest BCUT2D eigenvalue weighted by Crippen LogP contribution is 2.25. The van der Waals surface area contributed by atoms with Crippen LogP contribution in [0.5, 0.6) is 0 Å². The van der Waals surface area contributed by atoms with Gasteiger partial charge in [-0.15, -0.1) is 0 Å². The van der Waals surface area contributed by atoms with E-state index >= 15 is 0 Å². The summed E-state index contributed by atoms with van der Waals surface area (Å²) in [4.78, 5) is 0. The maximum Gasteiger partial charge on any atom is 0.0272 e. The number of nitrogens with two attached hydrogens (primary N) is 1. The molecule has 0 fully saturated rings. The molecule has 2 aromatic carbocycles. The predicted molar refractivity (Wildman–Crippen MR) is 64.3 cm³/mol. The molecule has 0 saturated heterocycles. The molecular weight excluding hydrogens is 238 g/mol. The zero-order valence-electron chi connectivity index (χ0n) is 8.00. The molecule has 2 N–H and O–H groups in total. The molecule has 0 aliphatic heterocycles. The smallest absolute Gasteiger partial charge is 0.0272 e. The van der Waals surface area contributed by atoms with Crippen molar-refractivity contribution in [3.05, 3.63) is 46.4 Å². The van der Waals surface area contributed by atoms with Gasteiger partial charge in [0, 0.05) is 10.5 Å². The third kappa shape index (κ3) is 1.68. The van der Waals surface area contributed by atoms with Crippen LogP contribution in [0.3, 0.4) is 0 Å². The Balaban J connectivity index is 2.75. The molecule has 0 bridgehead atoms. The van der Waals surface area contributed by atoms with Crippen LogP contribution in [-0.4, -0.2) is 0 Å². The Morgan fingerprint density at radius 1 is 1.21 bits per heavy atom. The highest BCUT2D eigenvalue weighted by molar-refractivity contribution is 9.10. The second kappa shape index (κ2) is 3.71. The first kappa shape index (κ1) is 9.69. The minimum absolute atomic E-state index is 0.0832. The van der Waals surface area contributed by atoms with E-state index in [4.69, 9.17) is 5.73 Å². The monoisotopic (exact) mass is 249 g/mol. The fourth-order valence-electron chi connectivity index (χ4n) is 1.68. The second-order valence-electron chi connectivity index (χ2n) is 3.50. The van der Waals surface area contributed by atoms with Crippen LogP contribution in [-0.2, 0) is 0 Å². The van der Waals surface area contributed by atoms with Gasteiger partial charge in [-0.2, -0.15) is 0 Å². The van der Waals surface area contributed by atoms with Crippen molar-refractivity contribution >= 4 is 26.7 Å². The molecule has 2 aromatic rings. The van der Waals surface area contributed by atoms with Gasteiger partial charge in [-0.3, -0.25) is 0 Å². The Hall–Kier alpha value is -0.860. The van der Waals surface area contributed by atoms with E-state index in [0.717, 1.165) is 4.47 Å². The lowest BCUT2D eigenvalue weighted by Crippen LogP contribution is -2.05. The average molecular weight is 250 g/mol. The van der Waals surface area contributed by atoms with Crippen molar-refractivity contribution < 1.29 is 0 Å². The molecule has 2 rings (SSSR count). The minimum Gasteiger partial charge on any atom is -0.324 e. The van der Waals surface area contributed by atoms with E-state index in [2.05, 4.69) is 40.2 Å². The van der Waals surface area contributed by atoms with Crippen molar-refractivity contribution in [1.29, 1.82) is 0 Å². The van der Waals surface area contributed by atoms with Gasteiger partial charge in [0.25, 0.3) is 0 Å². The Kier molecular flexibility index (Phi) is 2.57. The summed E-state index contributed by atoms with van der Waals surface area (Å²) in [6.45, 7) is 2.01. The fraction of sp³-hybridized carbons (Fsp3) is 0.167. The van der Waals surface area contributed by atoms with Crippen LogP contribution < -0.4 is 5.73 Å². The average Bonchev–Trinajstić information content (AvgIpc) is 2.16. The van der Waals surface area contributed by atoms with Crippen molar-refractivity contribution in [3.63, 3.8) is 0 Å². The highest BCUT2D eigenvalue weighted by Gasteiger charge is 2.04. The largest absolute Gasteiger partial charge is 0.324 e. The number of hydrogen-bond donors (Lipinski definition) is 1. The van der Waals surface area contributed by atoms with Gasteiger partial charge in [-0.05, 0) is 35.4 Å². The molecule has 0 saturated carbocycles. The minimum atomic E-state index is 0.0832. The number of rotatable bonds is 1. The van der Waals surface area contributed by atoms with E-state index in [1.165, 1.54) is 16.3 Å². The molecule has 0 aromatic heterocycles. The van der Waals surface area contributed by atoms with Crippen molar-refractivity contribution in [2.45, 2.75) is 13.0 Å². The lowest BCUT2D eigenvalue weighted by Gasteiger charge is -2.09. The Morgan fingerprint density at radius 2 is 2.00 bits per heavy atom. The molecule has 0 aliphatic rings. The van der Waals surface area contributed by atoms with Gasteiger partial charge < -0.3 is 5.73 Å². The molecule has 0 amide bonds. The number of fused-ring (bicyclic) bond motifs is 1. The first-order chi connectivity index (χ1) is 6.68. The van der Waals surface area contributed by atoms with Crippen LogP contribution in [0.25, 0.3) is 10.8 Å². The molecule has 1 nitrogen and oxygen atoms in total. The summed E-state index contributed by atoms with van der Waals surface area (Å²) in [6, 6.07) is 12.6. The highest BCUT2D eigenvalue weighted by atomic mass is 79.9. The first-order valence-electron chi connectivity index (χ1n) is 4.62. The van der Waals surface area contributed by atoms with Crippen LogP contribution in [0.4, 0.5) is 0 Å². The summed E-state index contributed by atoms with van der Waals surface area (Å²) in [7, 11) is 0. The molecule has 14 heavy (non-hydrogen) atoms.